The van der Waals surface area contributed by atoms with Gasteiger partial charge in [-0.2, -0.15) is 0 Å². The molecule has 3 aromatic heterocycles. The van der Waals surface area contributed by atoms with E-state index >= 15 is 0 Å². The second kappa shape index (κ2) is 8.52. The van der Waals surface area contributed by atoms with Crippen LogP contribution in [-0.4, -0.2) is 19.6 Å². The molecule has 4 aromatic rings. The molecule has 0 aliphatic heterocycles. The monoisotopic (exact) mass is 443 g/mol. The number of para-hydroxylation sites is 1. The SMILES string of the molecule is CCc1cccc(C)c1Nc1nnc(SCc2cc(=O)n3cc(Cl)ccc3n2)s1. The summed E-state index contributed by atoms with van der Waals surface area (Å²) in [5.74, 6) is 0.535. The van der Waals surface area contributed by atoms with Crippen molar-refractivity contribution in [3.8, 4) is 0 Å². The largest absolute Gasteiger partial charge is 0.330 e. The average Bonchev–Trinajstić information content (AvgIpc) is 3.16. The number of benzene rings is 1. The molecule has 0 amide bonds. The Morgan fingerprint density at radius 2 is 2.10 bits per heavy atom. The fraction of sp³-hybridized carbons (Fsp3) is 0.200. The van der Waals surface area contributed by atoms with Crippen LogP contribution >= 0.6 is 34.7 Å². The summed E-state index contributed by atoms with van der Waals surface area (Å²) in [6.07, 6.45) is 2.51. The summed E-state index contributed by atoms with van der Waals surface area (Å²) in [5, 5.41) is 13.1. The first-order chi connectivity index (χ1) is 14.0. The van der Waals surface area contributed by atoms with Gasteiger partial charge >= 0.3 is 0 Å². The number of thioether (sulfide) groups is 1. The molecular weight excluding hydrogens is 426 g/mol. The van der Waals surface area contributed by atoms with Crippen molar-refractivity contribution in [1.82, 2.24) is 19.6 Å². The van der Waals surface area contributed by atoms with Crippen molar-refractivity contribution < 1.29 is 0 Å². The highest BCUT2D eigenvalue weighted by molar-refractivity contribution is 8.00. The van der Waals surface area contributed by atoms with E-state index < -0.39 is 0 Å². The van der Waals surface area contributed by atoms with Crippen LogP contribution in [0.1, 0.15) is 23.7 Å². The molecule has 0 saturated carbocycles. The van der Waals surface area contributed by atoms with Crippen LogP contribution in [-0.2, 0) is 12.2 Å². The van der Waals surface area contributed by atoms with Gasteiger partial charge in [0.15, 0.2) is 4.34 Å². The van der Waals surface area contributed by atoms with Crippen LogP contribution in [0.15, 0.2) is 51.7 Å². The van der Waals surface area contributed by atoms with Crippen LogP contribution in [0.3, 0.4) is 0 Å². The maximum absolute atomic E-state index is 12.3. The summed E-state index contributed by atoms with van der Waals surface area (Å²) in [6.45, 7) is 4.21. The van der Waals surface area contributed by atoms with E-state index in [9.17, 15) is 4.79 Å². The van der Waals surface area contributed by atoms with Crippen molar-refractivity contribution in [3.05, 3.63) is 74.8 Å². The van der Waals surface area contributed by atoms with E-state index in [2.05, 4.69) is 52.5 Å². The number of aromatic nitrogens is 4. The first-order valence-electron chi connectivity index (χ1n) is 9.03. The Hall–Kier alpha value is -2.42. The van der Waals surface area contributed by atoms with E-state index in [0.29, 0.717) is 22.1 Å². The van der Waals surface area contributed by atoms with Crippen LogP contribution in [0.25, 0.3) is 5.65 Å². The molecule has 148 valence electrons. The quantitative estimate of drug-likeness (QED) is 0.417. The molecule has 0 bridgehead atoms. The molecule has 6 nitrogen and oxygen atoms in total. The molecule has 4 rings (SSSR count). The third-order valence-corrected chi connectivity index (χ3v) is 6.63. The Bertz CT molecular complexity index is 1240. The topological polar surface area (TPSA) is 72.2 Å². The molecule has 3 heterocycles. The minimum Gasteiger partial charge on any atom is -0.330 e. The number of rotatable bonds is 6. The standard InChI is InChI=1S/C20H18ClN5OS2/c1-3-13-6-4-5-12(2)18(13)23-19-24-25-20(29-19)28-11-15-9-17(27)26-10-14(21)7-8-16(26)22-15/h4-10H,3,11H2,1-2H3,(H,23,24). The van der Waals surface area contributed by atoms with Crippen LogP contribution in [0.5, 0.6) is 0 Å². The lowest BCUT2D eigenvalue weighted by molar-refractivity contribution is 1.000. The maximum Gasteiger partial charge on any atom is 0.258 e. The number of pyridine rings is 1. The Balaban J connectivity index is 1.48. The van der Waals surface area contributed by atoms with Crippen molar-refractivity contribution in [1.29, 1.82) is 0 Å². The van der Waals surface area contributed by atoms with Gasteiger partial charge in [0.2, 0.25) is 5.13 Å². The molecule has 1 aromatic carbocycles. The summed E-state index contributed by atoms with van der Waals surface area (Å²) >= 11 is 8.94. The highest BCUT2D eigenvalue weighted by Crippen LogP contribution is 2.31. The van der Waals surface area contributed by atoms with Gasteiger partial charge in [-0.25, -0.2) is 4.98 Å². The van der Waals surface area contributed by atoms with Crippen molar-refractivity contribution in [2.24, 2.45) is 0 Å². The smallest absolute Gasteiger partial charge is 0.258 e. The Labute approximate surface area is 181 Å². The van der Waals surface area contributed by atoms with Gasteiger partial charge in [-0.1, -0.05) is 59.8 Å². The lowest BCUT2D eigenvalue weighted by Crippen LogP contribution is -2.14. The molecule has 0 fully saturated rings. The lowest BCUT2D eigenvalue weighted by Gasteiger charge is -2.11. The summed E-state index contributed by atoms with van der Waals surface area (Å²) < 4.78 is 2.26. The predicted octanol–water partition coefficient (Wildman–Crippen LogP) is 5.11. The van der Waals surface area contributed by atoms with E-state index in [1.165, 1.54) is 44.7 Å². The Kier molecular flexibility index (Phi) is 5.84. The second-order valence-electron chi connectivity index (χ2n) is 6.41. The van der Waals surface area contributed by atoms with Gasteiger partial charge < -0.3 is 5.32 Å². The number of nitrogens with one attached hydrogen (secondary N) is 1. The van der Waals surface area contributed by atoms with Gasteiger partial charge in [0.1, 0.15) is 5.65 Å². The number of hydrogen-bond donors (Lipinski definition) is 1. The zero-order valence-corrected chi connectivity index (χ0v) is 18.2. The third kappa shape index (κ3) is 4.44. The zero-order valence-electron chi connectivity index (χ0n) is 15.8. The van der Waals surface area contributed by atoms with E-state index in [1.807, 2.05) is 0 Å². The minimum atomic E-state index is -0.153. The number of nitrogens with zero attached hydrogens (tertiary/aromatic N) is 4. The van der Waals surface area contributed by atoms with Crippen molar-refractivity contribution in [3.63, 3.8) is 0 Å². The van der Waals surface area contributed by atoms with Crippen molar-refractivity contribution in [2.45, 2.75) is 30.4 Å². The Morgan fingerprint density at radius 1 is 1.24 bits per heavy atom. The van der Waals surface area contributed by atoms with Crippen molar-refractivity contribution in [2.75, 3.05) is 5.32 Å². The number of hydrogen-bond acceptors (Lipinski definition) is 7. The summed E-state index contributed by atoms with van der Waals surface area (Å²) in [6, 6.07) is 11.2. The van der Waals surface area contributed by atoms with Gasteiger partial charge in [0.25, 0.3) is 5.56 Å². The number of halogens is 1. The highest BCUT2D eigenvalue weighted by Gasteiger charge is 2.10. The molecule has 0 aliphatic rings. The normalized spacial score (nSPS) is 11.1. The number of aryl methyl sites for hydroxylation is 2. The molecule has 0 aliphatic carbocycles. The molecule has 29 heavy (non-hydrogen) atoms. The van der Waals surface area contributed by atoms with E-state index in [1.54, 1.807) is 18.3 Å². The zero-order chi connectivity index (χ0) is 20.4. The minimum absolute atomic E-state index is 0.153. The second-order valence-corrected chi connectivity index (χ2v) is 9.05. The molecule has 0 saturated heterocycles. The van der Waals surface area contributed by atoms with Crippen LogP contribution in [0.4, 0.5) is 10.8 Å². The summed E-state index contributed by atoms with van der Waals surface area (Å²) in [4.78, 5) is 16.8. The highest BCUT2D eigenvalue weighted by atomic mass is 35.5. The summed E-state index contributed by atoms with van der Waals surface area (Å²) in [7, 11) is 0. The molecule has 0 spiro atoms. The van der Waals surface area contributed by atoms with E-state index in [4.69, 9.17) is 11.6 Å². The Morgan fingerprint density at radius 3 is 2.93 bits per heavy atom. The van der Waals surface area contributed by atoms with Gasteiger partial charge in [-0.15, -0.1) is 10.2 Å². The van der Waals surface area contributed by atoms with Crippen molar-refractivity contribution >= 4 is 51.2 Å². The van der Waals surface area contributed by atoms with E-state index in [0.717, 1.165) is 21.6 Å². The molecule has 9 heteroatoms. The predicted molar refractivity (Wildman–Crippen MR) is 120 cm³/mol. The average molecular weight is 444 g/mol. The fourth-order valence-corrected chi connectivity index (χ4v) is 4.77. The lowest BCUT2D eigenvalue weighted by atomic mass is 10.1. The van der Waals surface area contributed by atoms with Gasteiger partial charge in [-0.05, 0) is 36.6 Å². The van der Waals surface area contributed by atoms with E-state index in [-0.39, 0.29) is 5.56 Å². The fourth-order valence-electron chi connectivity index (χ4n) is 2.96. The third-order valence-electron chi connectivity index (χ3n) is 4.40. The summed E-state index contributed by atoms with van der Waals surface area (Å²) in [5.41, 5.74) is 4.62. The first kappa shape index (κ1) is 19.9. The molecule has 0 atom stereocenters. The molecule has 0 unspecified atom stereocenters. The first-order valence-corrected chi connectivity index (χ1v) is 11.2. The molecule has 1 N–H and O–H groups in total. The van der Waals surface area contributed by atoms with Gasteiger partial charge in [0.05, 0.1) is 10.7 Å². The van der Waals surface area contributed by atoms with Crippen LogP contribution in [0.2, 0.25) is 5.02 Å². The number of anilines is 2. The van der Waals surface area contributed by atoms with Gasteiger partial charge in [0, 0.05) is 23.7 Å². The molecule has 0 radical (unpaired) electrons. The maximum atomic E-state index is 12.3. The van der Waals surface area contributed by atoms with Crippen LogP contribution < -0.4 is 10.9 Å². The van der Waals surface area contributed by atoms with Gasteiger partial charge in [-0.3, -0.25) is 9.20 Å². The van der Waals surface area contributed by atoms with Crippen LogP contribution in [0, 0.1) is 6.92 Å². The molecular formula is C20H18ClN5OS2. The number of fused-ring (bicyclic) bond motifs is 1.